The molecule has 0 radical (unpaired) electrons. The molecule has 2 unspecified atom stereocenters. The van der Waals surface area contributed by atoms with Gasteiger partial charge in [-0.05, 0) is 24.8 Å². The van der Waals surface area contributed by atoms with Gasteiger partial charge in [-0.2, -0.15) is 5.10 Å². The van der Waals surface area contributed by atoms with Gasteiger partial charge in [0, 0.05) is 19.7 Å². The van der Waals surface area contributed by atoms with Crippen molar-refractivity contribution in [1.29, 1.82) is 0 Å². The lowest BCUT2D eigenvalue weighted by molar-refractivity contribution is -0.0412. The van der Waals surface area contributed by atoms with Crippen molar-refractivity contribution in [3.8, 4) is 0 Å². The van der Waals surface area contributed by atoms with E-state index in [2.05, 4.69) is 12.0 Å². The first-order chi connectivity index (χ1) is 7.10. The van der Waals surface area contributed by atoms with E-state index >= 15 is 0 Å². The van der Waals surface area contributed by atoms with Gasteiger partial charge in [0.2, 0.25) is 0 Å². The summed E-state index contributed by atoms with van der Waals surface area (Å²) in [6, 6.07) is 2.00. The fraction of sp³-hybridized carbons (Fsp3) is 0.750. The Labute approximate surface area is 91.1 Å². The van der Waals surface area contributed by atoms with Crippen molar-refractivity contribution < 1.29 is 5.11 Å². The van der Waals surface area contributed by atoms with E-state index in [9.17, 15) is 5.11 Å². The largest absolute Gasteiger partial charge is 0.389 e. The summed E-state index contributed by atoms with van der Waals surface area (Å²) in [5, 5.41) is 14.9. The molecule has 3 heteroatoms. The van der Waals surface area contributed by atoms with E-state index in [0.29, 0.717) is 12.3 Å². The first-order valence-corrected chi connectivity index (χ1v) is 5.81. The molecule has 1 aliphatic rings. The molecular formula is C12H20N2O. The van der Waals surface area contributed by atoms with Crippen LogP contribution in [0.5, 0.6) is 0 Å². The Bertz CT molecular complexity index is 334. The molecule has 0 bridgehead atoms. The predicted octanol–water partition coefficient (Wildman–Crippen LogP) is 1.90. The minimum Gasteiger partial charge on any atom is -0.389 e. The second-order valence-corrected chi connectivity index (χ2v) is 4.91. The maximum Gasteiger partial charge on any atom is 0.0729 e. The molecular weight excluding hydrogens is 188 g/mol. The number of aryl methyl sites for hydroxylation is 1. The van der Waals surface area contributed by atoms with Crippen molar-refractivity contribution in [2.24, 2.45) is 13.0 Å². The van der Waals surface area contributed by atoms with Crippen LogP contribution in [-0.4, -0.2) is 20.5 Å². The maximum absolute atomic E-state index is 10.6. The number of rotatable bonds is 2. The highest BCUT2D eigenvalue weighted by Gasteiger charge is 2.36. The lowest BCUT2D eigenvalue weighted by atomic mass is 9.74. The lowest BCUT2D eigenvalue weighted by Gasteiger charge is -2.37. The monoisotopic (exact) mass is 208 g/mol. The van der Waals surface area contributed by atoms with E-state index < -0.39 is 5.60 Å². The fourth-order valence-corrected chi connectivity index (χ4v) is 2.53. The van der Waals surface area contributed by atoms with E-state index in [1.807, 2.05) is 19.3 Å². The van der Waals surface area contributed by atoms with Crippen LogP contribution in [0.4, 0.5) is 0 Å². The van der Waals surface area contributed by atoms with E-state index in [-0.39, 0.29) is 0 Å². The Balaban J connectivity index is 2.08. The molecule has 1 aromatic heterocycles. The molecule has 1 N–H and O–H groups in total. The van der Waals surface area contributed by atoms with Crippen LogP contribution in [0.25, 0.3) is 0 Å². The highest BCUT2D eigenvalue weighted by Crippen LogP contribution is 2.35. The molecule has 0 aromatic carbocycles. The molecule has 0 amide bonds. The maximum atomic E-state index is 10.6. The third-order valence-electron chi connectivity index (χ3n) is 3.67. The Morgan fingerprint density at radius 1 is 1.60 bits per heavy atom. The number of nitrogens with zero attached hydrogens (tertiary/aromatic N) is 2. The van der Waals surface area contributed by atoms with Gasteiger partial charge in [0.15, 0.2) is 0 Å². The molecule has 0 spiro atoms. The van der Waals surface area contributed by atoms with Crippen LogP contribution in [0.15, 0.2) is 12.3 Å². The smallest absolute Gasteiger partial charge is 0.0729 e. The number of hydrogen-bond donors (Lipinski definition) is 1. The van der Waals surface area contributed by atoms with Crippen LogP contribution in [0.2, 0.25) is 0 Å². The molecule has 2 atom stereocenters. The average molecular weight is 208 g/mol. The van der Waals surface area contributed by atoms with Gasteiger partial charge >= 0.3 is 0 Å². The van der Waals surface area contributed by atoms with Gasteiger partial charge in [-0.1, -0.05) is 19.8 Å². The molecule has 15 heavy (non-hydrogen) atoms. The SMILES string of the molecule is CC1CCCCC1(O)Cc1ccn(C)n1. The zero-order chi connectivity index (χ0) is 10.9. The first-order valence-electron chi connectivity index (χ1n) is 5.81. The summed E-state index contributed by atoms with van der Waals surface area (Å²) >= 11 is 0. The van der Waals surface area contributed by atoms with Crippen molar-refractivity contribution in [2.45, 2.75) is 44.6 Å². The summed E-state index contributed by atoms with van der Waals surface area (Å²) < 4.78 is 1.80. The number of aromatic nitrogens is 2. The topological polar surface area (TPSA) is 38.0 Å². The third-order valence-corrected chi connectivity index (χ3v) is 3.67. The van der Waals surface area contributed by atoms with Gasteiger partial charge in [0.1, 0.15) is 0 Å². The molecule has 84 valence electrons. The highest BCUT2D eigenvalue weighted by atomic mass is 16.3. The van der Waals surface area contributed by atoms with E-state index in [0.717, 1.165) is 25.0 Å². The van der Waals surface area contributed by atoms with Crippen LogP contribution in [0.3, 0.4) is 0 Å². The summed E-state index contributed by atoms with van der Waals surface area (Å²) in [4.78, 5) is 0. The van der Waals surface area contributed by atoms with E-state index in [4.69, 9.17) is 0 Å². The normalized spacial score (nSPS) is 31.8. The van der Waals surface area contributed by atoms with Crippen molar-refractivity contribution in [3.63, 3.8) is 0 Å². The molecule has 0 saturated heterocycles. The Hall–Kier alpha value is -0.830. The van der Waals surface area contributed by atoms with Crippen LogP contribution < -0.4 is 0 Å². The number of hydrogen-bond acceptors (Lipinski definition) is 2. The zero-order valence-corrected chi connectivity index (χ0v) is 9.61. The van der Waals surface area contributed by atoms with Gasteiger partial charge in [0.05, 0.1) is 11.3 Å². The van der Waals surface area contributed by atoms with Gasteiger partial charge < -0.3 is 5.11 Å². The van der Waals surface area contributed by atoms with Crippen LogP contribution >= 0.6 is 0 Å². The van der Waals surface area contributed by atoms with Crippen molar-refractivity contribution in [3.05, 3.63) is 18.0 Å². The first kappa shape index (κ1) is 10.7. The Morgan fingerprint density at radius 3 is 3.00 bits per heavy atom. The summed E-state index contributed by atoms with van der Waals surface area (Å²) in [5.74, 6) is 0.397. The summed E-state index contributed by atoms with van der Waals surface area (Å²) in [5.41, 5.74) is 0.487. The molecule has 1 saturated carbocycles. The molecule has 1 aliphatic carbocycles. The summed E-state index contributed by atoms with van der Waals surface area (Å²) in [6.07, 6.45) is 7.11. The average Bonchev–Trinajstić information content (AvgIpc) is 2.57. The van der Waals surface area contributed by atoms with Gasteiger partial charge in [-0.25, -0.2) is 0 Å². The quantitative estimate of drug-likeness (QED) is 0.806. The molecule has 3 nitrogen and oxygen atoms in total. The second kappa shape index (κ2) is 3.97. The number of aliphatic hydroxyl groups is 1. The summed E-state index contributed by atoms with van der Waals surface area (Å²) in [6.45, 7) is 2.15. The molecule has 1 aromatic rings. The molecule has 1 fully saturated rings. The van der Waals surface area contributed by atoms with Gasteiger partial charge in [0.25, 0.3) is 0 Å². The standard InChI is InChI=1S/C12H20N2O/c1-10-5-3-4-7-12(10,15)9-11-6-8-14(2)13-11/h6,8,10,15H,3-5,7,9H2,1-2H3. The minimum absolute atomic E-state index is 0.397. The lowest BCUT2D eigenvalue weighted by Crippen LogP contribution is -2.41. The van der Waals surface area contributed by atoms with Crippen LogP contribution in [0.1, 0.15) is 38.3 Å². The van der Waals surface area contributed by atoms with Crippen LogP contribution in [0, 0.1) is 5.92 Å². The molecule has 0 aliphatic heterocycles. The van der Waals surface area contributed by atoms with Crippen molar-refractivity contribution in [2.75, 3.05) is 0 Å². The molecule has 2 rings (SSSR count). The zero-order valence-electron chi connectivity index (χ0n) is 9.61. The minimum atomic E-state index is -0.521. The second-order valence-electron chi connectivity index (χ2n) is 4.91. The molecule has 1 heterocycles. The van der Waals surface area contributed by atoms with Crippen molar-refractivity contribution in [1.82, 2.24) is 9.78 Å². The Morgan fingerprint density at radius 2 is 2.40 bits per heavy atom. The van der Waals surface area contributed by atoms with Crippen LogP contribution in [-0.2, 0) is 13.5 Å². The van der Waals surface area contributed by atoms with Crippen molar-refractivity contribution >= 4 is 0 Å². The van der Waals surface area contributed by atoms with E-state index in [1.165, 1.54) is 6.42 Å². The predicted molar refractivity (Wildman–Crippen MR) is 59.5 cm³/mol. The summed E-state index contributed by atoms with van der Waals surface area (Å²) in [7, 11) is 1.91. The third kappa shape index (κ3) is 2.23. The Kier molecular flexibility index (Phi) is 2.83. The van der Waals surface area contributed by atoms with Gasteiger partial charge in [-0.3, -0.25) is 4.68 Å². The van der Waals surface area contributed by atoms with Gasteiger partial charge in [-0.15, -0.1) is 0 Å². The fourth-order valence-electron chi connectivity index (χ4n) is 2.53. The van der Waals surface area contributed by atoms with E-state index in [1.54, 1.807) is 4.68 Å². The highest BCUT2D eigenvalue weighted by molar-refractivity contribution is 5.05.